The van der Waals surface area contributed by atoms with Crippen molar-refractivity contribution in [3.05, 3.63) is 34.6 Å². The van der Waals surface area contributed by atoms with Gasteiger partial charge in [-0.3, -0.25) is 0 Å². The highest BCUT2D eigenvalue weighted by Gasteiger charge is 2.23. The van der Waals surface area contributed by atoms with Gasteiger partial charge in [0, 0.05) is 0 Å². The first-order valence-corrected chi connectivity index (χ1v) is 8.45. The molecule has 1 aromatic carbocycles. The summed E-state index contributed by atoms with van der Waals surface area (Å²) in [5.41, 5.74) is 1.58. The summed E-state index contributed by atoms with van der Waals surface area (Å²) < 4.78 is 12.3. The zero-order valence-corrected chi connectivity index (χ0v) is 14.5. The Hall–Kier alpha value is -2.08. The summed E-state index contributed by atoms with van der Waals surface area (Å²) in [5, 5.41) is 8.53. The maximum Gasteiger partial charge on any atom is 0.361 e. The molecule has 0 aliphatic heterocycles. The van der Waals surface area contributed by atoms with Gasteiger partial charge in [0.1, 0.15) is 11.9 Å². The van der Waals surface area contributed by atoms with Gasteiger partial charge in [0.15, 0.2) is 5.69 Å². The average Bonchev–Trinajstić information content (AvgIpc) is 2.97. The maximum atomic E-state index is 12.4. The van der Waals surface area contributed by atoms with Crippen LogP contribution >= 0.6 is 11.6 Å². The maximum absolute atomic E-state index is 12.4. The SMILES string of the molecule is COc1ccc(-n2nnc(C(=O)OC3CCCCC3)c2C)cc1Cl. The minimum atomic E-state index is -0.412. The molecule has 1 saturated carbocycles. The van der Waals surface area contributed by atoms with Gasteiger partial charge in [-0.25, -0.2) is 9.48 Å². The van der Waals surface area contributed by atoms with Crippen LogP contribution in [0.15, 0.2) is 18.2 Å². The smallest absolute Gasteiger partial charge is 0.361 e. The molecule has 0 radical (unpaired) electrons. The Balaban J connectivity index is 1.80. The fraction of sp³-hybridized carbons (Fsp3) is 0.471. The number of carbonyl (C=O) groups excluding carboxylic acids is 1. The molecule has 0 N–H and O–H groups in total. The number of hydrogen-bond donors (Lipinski definition) is 0. The van der Waals surface area contributed by atoms with Crippen molar-refractivity contribution in [2.24, 2.45) is 0 Å². The molecule has 1 aliphatic rings. The summed E-state index contributed by atoms with van der Waals surface area (Å²) in [4.78, 5) is 12.4. The van der Waals surface area contributed by atoms with Crippen molar-refractivity contribution in [3.63, 3.8) is 0 Å². The van der Waals surface area contributed by atoms with Crippen molar-refractivity contribution in [1.82, 2.24) is 15.0 Å². The lowest BCUT2D eigenvalue weighted by atomic mass is 9.98. The summed E-state index contributed by atoms with van der Waals surface area (Å²) in [5.74, 6) is 0.167. The first kappa shape index (κ1) is 16.8. The minimum Gasteiger partial charge on any atom is -0.495 e. The molecule has 1 aliphatic carbocycles. The molecule has 24 heavy (non-hydrogen) atoms. The number of benzene rings is 1. The van der Waals surface area contributed by atoms with Crippen molar-refractivity contribution in [1.29, 1.82) is 0 Å². The number of esters is 1. The number of halogens is 1. The van der Waals surface area contributed by atoms with E-state index in [0.29, 0.717) is 22.2 Å². The zero-order chi connectivity index (χ0) is 17.1. The monoisotopic (exact) mass is 349 g/mol. The molecule has 0 atom stereocenters. The lowest BCUT2D eigenvalue weighted by Crippen LogP contribution is -2.21. The highest BCUT2D eigenvalue weighted by atomic mass is 35.5. The zero-order valence-electron chi connectivity index (χ0n) is 13.8. The second-order valence-electron chi connectivity index (χ2n) is 5.92. The van der Waals surface area contributed by atoms with E-state index in [1.54, 1.807) is 30.8 Å². The molecule has 7 heteroatoms. The Morgan fingerprint density at radius 1 is 1.29 bits per heavy atom. The molecule has 0 spiro atoms. The van der Waals surface area contributed by atoms with Crippen molar-refractivity contribution in [2.75, 3.05) is 7.11 Å². The summed E-state index contributed by atoms with van der Waals surface area (Å²) in [6.45, 7) is 1.79. The first-order chi connectivity index (χ1) is 11.6. The van der Waals surface area contributed by atoms with Crippen LogP contribution in [-0.2, 0) is 4.74 Å². The lowest BCUT2D eigenvalue weighted by molar-refractivity contribution is 0.0203. The number of carbonyl (C=O) groups is 1. The summed E-state index contributed by atoms with van der Waals surface area (Å²) >= 11 is 6.15. The standard InChI is InChI=1S/C17H20ClN3O3/c1-11-16(17(22)24-13-6-4-3-5-7-13)19-20-21(11)12-8-9-15(23-2)14(18)10-12/h8-10,13H,3-7H2,1-2H3. The van der Waals surface area contributed by atoms with Gasteiger partial charge in [0.25, 0.3) is 0 Å². The Morgan fingerprint density at radius 2 is 2.04 bits per heavy atom. The second-order valence-corrected chi connectivity index (χ2v) is 6.33. The van der Waals surface area contributed by atoms with Crippen LogP contribution in [0.5, 0.6) is 5.75 Å². The summed E-state index contributed by atoms with van der Waals surface area (Å²) in [6, 6.07) is 5.28. The molecular weight excluding hydrogens is 330 g/mol. The summed E-state index contributed by atoms with van der Waals surface area (Å²) in [7, 11) is 1.56. The van der Waals surface area contributed by atoms with Crippen molar-refractivity contribution < 1.29 is 14.3 Å². The van der Waals surface area contributed by atoms with Crippen LogP contribution in [0.2, 0.25) is 5.02 Å². The normalized spacial score (nSPS) is 15.3. The van der Waals surface area contributed by atoms with Gasteiger partial charge in [0.05, 0.1) is 23.5 Å². The average molecular weight is 350 g/mol. The van der Waals surface area contributed by atoms with E-state index >= 15 is 0 Å². The van der Waals surface area contributed by atoms with E-state index < -0.39 is 5.97 Å². The number of methoxy groups -OCH3 is 1. The van der Waals surface area contributed by atoms with Gasteiger partial charge in [-0.2, -0.15) is 0 Å². The van der Waals surface area contributed by atoms with E-state index in [9.17, 15) is 4.79 Å². The predicted molar refractivity (Wildman–Crippen MR) is 89.9 cm³/mol. The highest BCUT2D eigenvalue weighted by molar-refractivity contribution is 6.32. The highest BCUT2D eigenvalue weighted by Crippen LogP contribution is 2.27. The topological polar surface area (TPSA) is 66.2 Å². The van der Waals surface area contributed by atoms with E-state index in [2.05, 4.69) is 10.3 Å². The lowest BCUT2D eigenvalue weighted by Gasteiger charge is -2.21. The van der Waals surface area contributed by atoms with Gasteiger partial charge < -0.3 is 9.47 Å². The van der Waals surface area contributed by atoms with Gasteiger partial charge in [0.2, 0.25) is 0 Å². The van der Waals surface area contributed by atoms with Gasteiger partial charge >= 0.3 is 5.97 Å². The Labute approximate surface area is 145 Å². The van der Waals surface area contributed by atoms with E-state index in [0.717, 1.165) is 25.7 Å². The molecule has 0 unspecified atom stereocenters. The van der Waals surface area contributed by atoms with E-state index in [1.807, 2.05) is 6.07 Å². The van der Waals surface area contributed by atoms with Crippen LogP contribution in [0.1, 0.15) is 48.3 Å². The quantitative estimate of drug-likeness (QED) is 0.787. The van der Waals surface area contributed by atoms with Crippen LogP contribution in [0.3, 0.4) is 0 Å². The number of nitrogens with zero attached hydrogens (tertiary/aromatic N) is 3. The van der Waals surface area contributed by atoms with Crippen LogP contribution in [0, 0.1) is 6.92 Å². The number of aromatic nitrogens is 3. The first-order valence-electron chi connectivity index (χ1n) is 8.07. The minimum absolute atomic E-state index is 0.00812. The molecule has 0 bridgehead atoms. The molecule has 128 valence electrons. The van der Waals surface area contributed by atoms with E-state index in [4.69, 9.17) is 21.1 Å². The van der Waals surface area contributed by atoms with Crippen LogP contribution in [0.25, 0.3) is 5.69 Å². The molecule has 3 rings (SSSR count). The van der Waals surface area contributed by atoms with Crippen molar-refractivity contribution >= 4 is 17.6 Å². The predicted octanol–water partition coefficient (Wildman–Crippen LogP) is 3.73. The van der Waals surface area contributed by atoms with E-state index in [-0.39, 0.29) is 11.8 Å². The Bertz CT molecular complexity index is 739. The molecule has 2 aromatic rings. The summed E-state index contributed by atoms with van der Waals surface area (Å²) in [6.07, 6.45) is 5.26. The Kier molecular flexibility index (Phi) is 5.04. The van der Waals surface area contributed by atoms with Crippen LogP contribution in [-0.4, -0.2) is 34.2 Å². The third kappa shape index (κ3) is 3.38. The van der Waals surface area contributed by atoms with Crippen molar-refractivity contribution in [3.8, 4) is 11.4 Å². The van der Waals surface area contributed by atoms with Gasteiger partial charge in [-0.15, -0.1) is 5.10 Å². The fourth-order valence-corrected chi connectivity index (χ4v) is 3.19. The second kappa shape index (κ2) is 7.21. The molecule has 1 heterocycles. The number of rotatable bonds is 4. The van der Waals surface area contributed by atoms with Crippen LogP contribution in [0.4, 0.5) is 0 Å². The van der Waals surface area contributed by atoms with Gasteiger partial charge in [-0.05, 0) is 50.8 Å². The fourth-order valence-electron chi connectivity index (χ4n) is 2.94. The number of hydrogen-bond acceptors (Lipinski definition) is 5. The third-order valence-corrected chi connectivity index (χ3v) is 4.59. The number of ether oxygens (including phenoxy) is 2. The molecule has 1 fully saturated rings. The molecular formula is C17H20ClN3O3. The molecule has 0 saturated heterocycles. The van der Waals surface area contributed by atoms with Gasteiger partial charge in [-0.1, -0.05) is 23.2 Å². The van der Waals surface area contributed by atoms with Crippen LogP contribution < -0.4 is 4.74 Å². The molecule has 6 nitrogen and oxygen atoms in total. The molecule has 1 aromatic heterocycles. The van der Waals surface area contributed by atoms with E-state index in [1.165, 1.54) is 6.42 Å². The largest absolute Gasteiger partial charge is 0.495 e. The third-order valence-electron chi connectivity index (χ3n) is 4.29. The Morgan fingerprint density at radius 3 is 2.71 bits per heavy atom. The molecule has 0 amide bonds. The van der Waals surface area contributed by atoms with Crippen molar-refractivity contribution in [2.45, 2.75) is 45.1 Å².